The van der Waals surface area contributed by atoms with Crippen LogP contribution in [0.25, 0.3) is 0 Å². The number of likely N-dealkylation sites (tertiary alicyclic amines) is 1. The molecule has 2 atom stereocenters. The standard InChI is InChI=1S/C16H18N4O2S2/c1-10-17-18-16(24-10)23-9-15(22)19-6-11-5-12(8-19)13-3-2-4-14(21)20(13)7-11/h2-4,11-12H,5-9H2,1H3/t11-,12+/m1/s1. The van der Waals surface area contributed by atoms with Crippen LogP contribution in [-0.4, -0.2) is 44.4 Å². The molecule has 0 aliphatic carbocycles. The first-order valence-electron chi connectivity index (χ1n) is 8.00. The van der Waals surface area contributed by atoms with Crippen molar-refractivity contribution in [1.29, 1.82) is 0 Å². The Morgan fingerprint density at radius 2 is 2.21 bits per heavy atom. The number of thioether (sulfide) groups is 1. The molecule has 0 unspecified atom stereocenters. The monoisotopic (exact) mass is 362 g/mol. The molecule has 2 aliphatic rings. The molecule has 2 bridgehead atoms. The maximum Gasteiger partial charge on any atom is 0.250 e. The van der Waals surface area contributed by atoms with Gasteiger partial charge in [-0.1, -0.05) is 29.2 Å². The first kappa shape index (κ1) is 15.8. The second-order valence-electron chi connectivity index (χ2n) is 6.37. The van der Waals surface area contributed by atoms with Gasteiger partial charge in [0.05, 0.1) is 5.75 Å². The fraction of sp³-hybridized carbons (Fsp3) is 0.500. The van der Waals surface area contributed by atoms with Crippen molar-refractivity contribution >= 4 is 29.0 Å². The molecule has 4 rings (SSSR count). The zero-order valence-corrected chi connectivity index (χ0v) is 15.0. The molecule has 0 saturated carbocycles. The molecule has 6 nitrogen and oxygen atoms in total. The molecule has 0 aromatic carbocycles. The number of piperidine rings is 1. The third kappa shape index (κ3) is 3.00. The van der Waals surface area contributed by atoms with E-state index >= 15 is 0 Å². The van der Waals surface area contributed by atoms with E-state index in [0.29, 0.717) is 18.2 Å². The molecule has 0 radical (unpaired) electrons. The van der Waals surface area contributed by atoms with Gasteiger partial charge in [0.25, 0.3) is 5.56 Å². The van der Waals surface area contributed by atoms with Crippen LogP contribution in [0.4, 0.5) is 0 Å². The SMILES string of the molecule is Cc1nnc(SCC(=O)N2C[C@H]3C[C@@H](C2)c2cccc(=O)n2C3)s1. The summed E-state index contributed by atoms with van der Waals surface area (Å²) in [5.41, 5.74) is 1.15. The lowest BCUT2D eigenvalue weighted by Crippen LogP contribution is -2.49. The van der Waals surface area contributed by atoms with E-state index in [1.807, 2.05) is 28.5 Å². The molecule has 1 fully saturated rings. The zero-order valence-electron chi connectivity index (χ0n) is 13.3. The van der Waals surface area contributed by atoms with Crippen LogP contribution >= 0.6 is 23.1 Å². The van der Waals surface area contributed by atoms with Gasteiger partial charge in [-0.05, 0) is 25.3 Å². The molecule has 126 valence electrons. The van der Waals surface area contributed by atoms with Crippen LogP contribution in [-0.2, 0) is 11.3 Å². The number of amides is 1. The van der Waals surface area contributed by atoms with Crippen LogP contribution in [0.15, 0.2) is 27.3 Å². The summed E-state index contributed by atoms with van der Waals surface area (Å²) in [5, 5.41) is 8.95. The smallest absolute Gasteiger partial charge is 0.250 e. The van der Waals surface area contributed by atoms with E-state index in [1.54, 1.807) is 6.07 Å². The van der Waals surface area contributed by atoms with Crippen molar-refractivity contribution in [3.8, 4) is 0 Å². The van der Waals surface area contributed by atoms with E-state index in [2.05, 4.69) is 10.2 Å². The summed E-state index contributed by atoms with van der Waals surface area (Å²) >= 11 is 2.98. The molecule has 0 spiro atoms. The molecule has 8 heteroatoms. The molecular formula is C16H18N4O2S2. The lowest BCUT2D eigenvalue weighted by molar-refractivity contribution is -0.131. The van der Waals surface area contributed by atoms with Crippen molar-refractivity contribution in [2.24, 2.45) is 5.92 Å². The summed E-state index contributed by atoms with van der Waals surface area (Å²) < 4.78 is 2.73. The Morgan fingerprint density at radius 3 is 3.00 bits per heavy atom. The average molecular weight is 362 g/mol. The van der Waals surface area contributed by atoms with E-state index in [4.69, 9.17) is 0 Å². The molecule has 2 aliphatic heterocycles. The number of carbonyl (C=O) groups excluding carboxylic acids is 1. The zero-order chi connectivity index (χ0) is 16.7. The summed E-state index contributed by atoms with van der Waals surface area (Å²) in [6.07, 6.45) is 1.07. The molecule has 4 heterocycles. The lowest BCUT2D eigenvalue weighted by atomic mass is 9.83. The third-order valence-corrected chi connectivity index (χ3v) is 6.62. The molecule has 0 N–H and O–H groups in total. The van der Waals surface area contributed by atoms with Crippen molar-refractivity contribution < 1.29 is 4.79 Å². The highest BCUT2D eigenvalue weighted by Crippen LogP contribution is 2.35. The van der Waals surface area contributed by atoms with Crippen LogP contribution in [0.5, 0.6) is 0 Å². The fourth-order valence-electron chi connectivity index (χ4n) is 3.65. The number of fused-ring (bicyclic) bond motifs is 4. The van der Waals surface area contributed by atoms with E-state index in [1.165, 1.54) is 23.1 Å². The molecule has 1 saturated heterocycles. The summed E-state index contributed by atoms with van der Waals surface area (Å²) in [6, 6.07) is 5.46. The van der Waals surface area contributed by atoms with Crippen molar-refractivity contribution in [3.63, 3.8) is 0 Å². The van der Waals surface area contributed by atoms with Gasteiger partial charge in [-0.3, -0.25) is 9.59 Å². The van der Waals surface area contributed by atoms with Crippen molar-refractivity contribution in [2.45, 2.75) is 30.1 Å². The van der Waals surface area contributed by atoms with E-state index in [0.717, 1.165) is 34.6 Å². The maximum atomic E-state index is 12.6. The summed E-state index contributed by atoms with van der Waals surface area (Å²) in [7, 11) is 0. The number of hydrogen-bond donors (Lipinski definition) is 0. The highest BCUT2D eigenvalue weighted by molar-refractivity contribution is 8.01. The Balaban J connectivity index is 1.45. The Bertz CT molecular complexity index is 831. The second-order valence-corrected chi connectivity index (χ2v) is 8.78. The van der Waals surface area contributed by atoms with Crippen LogP contribution in [0.1, 0.15) is 23.0 Å². The third-order valence-electron chi connectivity index (χ3n) is 4.66. The van der Waals surface area contributed by atoms with Crippen LogP contribution in [0, 0.1) is 12.8 Å². The van der Waals surface area contributed by atoms with Crippen molar-refractivity contribution in [2.75, 3.05) is 18.8 Å². The summed E-state index contributed by atoms with van der Waals surface area (Å²) in [4.78, 5) is 26.6. The number of pyridine rings is 1. The fourth-order valence-corrected chi connectivity index (χ4v) is 5.37. The van der Waals surface area contributed by atoms with E-state index < -0.39 is 0 Å². The minimum atomic E-state index is 0.0733. The Morgan fingerprint density at radius 1 is 1.33 bits per heavy atom. The Kier molecular flexibility index (Phi) is 4.17. The Labute approximate surface area is 147 Å². The largest absolute Gasteiger partial charge is 0.341 e. The van der Waals surface area contributed by atoms with Gasteiger partial charge in [0.2, 0.25) is 5.91 Å². The summed E-state index contributed by atoms with van der Waals surface area (Å²) in [5.74, 6) is 1.18. The van der Waals surface area contributed by atoms with Gasteiger partial charge < -0.3 is 9.47 Å². The van der Waals surface area contributed by atoms with Gasteiger partial charge in [0.1, 0.15) is 5.01 Å². The second kappa shape index (κ2) is 6.33. The van der Waals surface area contributed by atoms with Crippen molar-refractivity contribution in [1.82, 2.24) is 19.7 Å². The number of carbonyl (C=O) groups is 1. The first-order chi connectivity index (χ1) is 11.6. The van der Waals surface area contributed by atoms with Gasteiger partial charge in [0, 0.05) is 37.3 Å². The number of nitrogens with zero attached hydrogens (tertiary/aromatic N) is 4. The molecule has 1 amide bonds. The number of rotatable bonds is 3. The predicted octanol–water partition coefficient (Wildman–Crippen LogP) is 1.75. The lowest BCUT2D eigenvalue weighted by Gasteiger charge is -2.42. The normalized spacial score (nSPS) is 22.3. The minimum Gasteiger partial charge on any atom is -0.341 e. The van der Waals surface area contributed by atoms with Gasteiger partial charge in [-0.25, -0.2) is 0 Å². The highest BCUT2D eigenvalue weighted by atomic mass is 32.2. The van der Waals surface area contributed by atoms with Gasteiger partial charge in [0.15, 0.2) is 4.34 Å². The molecule has 24 heavy (non-hydrogen) atoms. The minimum absolute atomic E-state index is 0.0733. The first-order valence-corrected chi connectivity index (χ1v) is 9.81. The van der Waals surface area contributed by atoms with Gasteiger partial charge in [-0.15, -0.1) is 10.2 Å². The quantitative estimate of drug-likeness (QED) is 0.778. The molecule has 2 aromatic rings. The molecule has 2 aromatic heterocycles. The van der Waals surface area contributed by atoms with E-state index in [9.17, 15) is 9.59 Å². The molecular weight excluding hydrogens is 344 g/mol. The van der Waals surface area contributed by atoms with Crippen LogP contribution < -0.4 is 5.56 Å². The van der Waals surface area contributed by atoms with Gasteiger partial charge >= 0.3 is 0 Å². The predicted molar refractivity (Wildman–Crippen MR) is 93.5 cm³/mol. The van der Waals surface area contributed by atoms with Crippen molar-refractivity contribution in [3.05, 3.63) is 39.3 Å². The van der Waals surface area contributed by atoms with Crippen LogP contribution in [0.2, 0.25) is 0 Å². The van der Waals surface area contributed by atoms with Gasteiger partial charge in [-0.2, -0.15) is 0 Å². The van der Waals surface area contributed by atoms with Crippen LogP contribution in [0.3, 0.4) is 0 Å². The average Bonchev–Trinajstić information content (AvgIpc) is 2.99. The van der Waals surface area contributed by atoms with E-state index in [-0.39, 0.29) is 17.4 Å². The summed E-state index contributed by atoms with van der Waals surface area (Å²) in [6.45, 7) is 4.08. The maximum absolute atomic E-state index is 12.6. The highest BCUT2D eigenvalue weighted by Gasteiger charge is 2.36. The topological polar surface area (TPSA) is 68.1 Å². The number of hydrogen-bond acceptors (Lipinski definition) is 6. The number of aromatic nitrogens is 3. The number of aryl methyl sites for hydroxylation is 1. The Hall–Kier alpha value is -1.67.